The van der Waals surface area contributed by atoms with Crippen LogP contribution in [0.15, 0.2) is 8.83 Å². The highest BCUT2D eigenvalue weighted by Gasteiger charge is 2.33. The van der Waals surface area contributed by atoms with Gasteiger partial charge in [0.15, 0.2) is 23.1 Å². The molecule has 326 valence electrons. The molecule has 0 fully saturated rings. The summed E-state index contributed by atoms with van der Waals surface area (Å²) in [6.45, 7) is 0. The van der Waals surface area contributed by atoms with Crippen LogP contribution >= 0.6 is 0 Å². The van der Waals surface area contributed by atoms with Crippen LogP contribution in [0.5, 0.6) is 0 Å². The summed E-state index contributed by atoms with van der Waals surface area (Å²) in [5.74, 6) is -1.07. The minimum atomic E-state index is -0.371. The lowest BCUT2D eigenvalue weighted by atomic mass is 9.57. The van der Waals surface area contributed by atoms with Gasteiger partial charge in [0, 0.05) is 54.7 Å². The van der Waals surface area contributed by atoms with Gasteiger partial charge in [0.25, 0.3) is 0 Å². The zero-order valence-corrected chi connectivity index (χ0v) is 45.4. The maximum absolute atomic E-state index is 7.22. The standard InChI is InChI=1S/C51B30N4O2/c52-12-2(3-13(53)25(65)33(73)26(66)14(3)54)15(55)37(77)42-4(12)5-16(56)27(67)35(75)38(78)43(5)85(42)44-39(79)31(71)18(58)6-1-9(20(60)32(72)40(80)45(1)87-48(6)44)49-82-50(10-22(62)29(69)34(74)30(70)23(10)63)84-51(83-49)11-21(61)17(57)7-8-19(59)28(68)36(76)41(81)47(8)86-46(7)24(11)64. The molecule has 0 saturated heterocycles. The van der Waals surface area contributed by atoms with Crippen LogP contribution in [0.3, 0.4) is 0 Å². The molecule has 36 heteroatoms. The highest BCUT2D eigenvalue weighted by atomic mass is 16.3. The Morgan fingerprint density at radius 2 is 0.437 bits per heavy atom. The summed E-state index contributed by atoms with van der Waals surface area (Å²) in [6, 6.07) is 0. The van der Waals surface area contributed by atoms with E-state index in [1.165, 1.54) is 4.57 Å². The predicted octanol–water partition coefficient (Wildman–Crippen LogP) is -22.8. The van der Waals surface area contributed by atoms with Crippen molar-refractivity contribution in [1.29, 1.82) is 0 Å². The quantitative estimate of drug-likeness (QED) is 0.161. The first-order chi connectivity index (χ1) is 40.7. The molecule has 0 N–H and O–H groups in total. The molecule has 0 spiro atoms. The Morgan fingerprint density at radius 3 is 0.931 bits per heavy atom. The Hall–Kier alpha value is -5.88. The van der Waals surface area contributed by atoms with Crippen LogP contribution in [-0.2, 0) is 0 Å². The largest absolute Gasteiger partial charge is 0.457 e. The molecule has 0 saturated carbocycles. The summed E-state index contributed by atoms with van der Waals surface area (Å²) in [5.41, 5.74) is -6.73. The number of fused-ring (bicyclic) bond motifs is 9. The lowest BCUT2D eigenvalue weighted by Gasteiger charge is -2.26. The van der Waals surface area contributed by atoms with Crippen molar-refractivity contribution in [3.63, 3.8) is 0 Å². The number of hydrogen-bond donors (Lipinski definition) is 0. The van der Waals surface area contributed by atoms with Crippen LogP contribution in [0.4, 0.5) is 0 Å². The molecular formula is C51B30N4O2. The number of benzene rings is 8. The molecule has 60 radical (unpaired) electrons. The van der Waals surface area contributed by atoms with Gasteiger partial charge < -0.3 is 13.4 Å². The molecular weight excluding hydrogens is 1020 g/mol. The van der Waals surface area contributed by atoms with E-state index in [0.717, 1.165) is 0 Å². The van der Waals surface area contributed by atoms with Gasteiger partial charge in [-0.15, -0.1) is 65.6 Å². The summed E-state index contributed by atoms with van der Waals surface area (Å²) in [7, 11) is 201. The van der Waals surface area contributed by atoms with E-state index in [0.29, 0.717) is 0 Å². The second-order valence-corrected chi connectivity index (χ2v) is 20.7. The van der Waals surface area contributed by atoms with Gasteiger partial charge in [0.1, 0.15) is 252 Å². The van der Waals surface area contributed by atoms with Crippen LogP contribution in [-0.4, -0.2) is 255 Å². The molecule has 6 nitrogen and oxygen atoms in total. The third kappa shape index (κ3) is 8.07. The Bertz CT molecular complexity index is 5250. The zero-order valence-electron chi connectivity index (χ0n) is 45.4. The van der Waals surface area contributed by atoms with E-state index >= 15 is 0 Å². The van der Waals surface area contributed by atoms with Crippen molar-refractivity contribution in [3.05, 3.63) is 0 Å². The second kappa shape index (κ2) is 20.8. The molecule has 4 heterocycles. The lowest BCUT2D eigenvalue weighted by Crippen LogP contribution is -2.56. The van der Waals surface area contributed by atoms with E-state index in [-0.39, 0.29) is 281 Å². The zero-order chi connectivity index (χ0) is 63.6. The van der Waals surface area contributed by atoms with Gasteiger partial charge in [-0.2, -0.15) is 0 Å². The molecule has 0 amide bonds. The number of aromatic nitrogens is 4. The van der Waals surface area contributed by atoms with Crippen LogP contribution in [0, 0.1) is 0 Å². The van der Waals surface area contributed by atoms with Crippen LogP contribution in [0.25, 0.3) is 117 Å². The SMILES string of the molecule is [B]c1c([B])c([B])c(-c2nc(-c3c([B])c([B])c4c(oc5c([B])c([B])c([B])c([B])c54)c3[B])nc(-c3c([B])c([B])c([B])c4oc5c(-n6c7c([B])c([B])c([B])c([B])c7c7c([B])c(-c8c([B])c([B])c([B])c([B])c8[B])c([B])c([B])c76)c([B])c([B])c([B])c5c34)n2)c([B])c1[B]. The average Bonchev–Trinajstić information content (AvgIpc) is 1.57. The molecule has 0 aliphatic carbocycles. The molecule has 12 aromatic rings. The summed E-state index contributed by atoms with van der Waals surface area (Å²) < 4.78 is 14.5. The minimum Gasteiger partial charge on any atom is -0.457 e. The van der Waals surface area contributed by atoms with Crippen molar-refractivity contribution in [3.8, 4) is 51.0 Å². The summed E-state index contributed by atoms with van der Waals surface area (Å²) in [4.78, 5) is 14.6. The molecule has 0 aliphatic heterocycles. The van der Waals surface area contributed by atoms with E-state index in [4.69, 9.17) is 259 Å². The van der Waals surface area contributed by atoms with Gasteiger partial charge in [-0.3, -0.25) is 0 Å². The molecule has 12 rings (SSSR count). The topological polar surface area (TPSA) is 69.9 Å². The summed E-state index contributed by atoms with van der Waals surface area (Å²) in [5, 5.41) is 0.223. The Labute approximate surface area is 540 Å². The molecule has 87 heavy (non-hydrogen) atoms. The van der Waals surface area contributed by atoms with Gasteiger partial charge in [-0.05, 0) is 22.0 Å². The van der Waals surface area contributed by atoms with Crippen molar-refractivity contribution >= 4 is 465 Å². The van der Waals surface area contributed by atoms with Crippen molar-refractivity contribution in [2.24, 2.45) is 0 Å². The van der Waals surface area contributed by atoms with Gasteiger partial charge >= 0.3 is 0 Å². The molecule has 0 unspecified atom stereocenters. The fourth-order valence-corrected chi connectivity index (χ4v) is 11.5. The van der Waals surface area contributed by atoms with Crippen molar-refractivity contribution < 1.29 is 8.83 Å². The fraction of sp³-hybridized carbons (Fsp3) is 0. The highest BCUT2D eigenvalue weighted by Crippen LogP contribution is 2.38. The van der Waals surface area contributed by atoms with Crippen molar-refractivity contribution in [1.82, 2.24) is 19.5 Å². The third-order valence-corrected chi connectivity index (χ3v) is 16.3. The molecule has 0 atom stereocenters. The van der Waals surface area contributed by atoms with E-state index in [1.807, 2.05) is 0 Å². The average molecular weight is 1020 g/mol. The monoisotopic (exact) mass is 1030 g/mol. The first-order valence-corrected chi connectivity index (χ1v) is 25.2. The maximum Gasteiger partial charge on any atom is 0.164 e. The Morgan fingerprint density at radius 1 is 0.184 bits per heavy atom. The minimum absolute atomic E-state index is 0.0189. The smallest absolute Gasteiger partial charge is 0.164 e. The lowest BCUT2D eigenvalue weighted by molar-refractivity contribution is 0.670. The van der Waals surface area contributed by atoms with Gasteiger partial charge in [-0.1, -0.05) is 92.9 Å². The van der Waals surface area contributed by atoms with Crippen LogP contribution in [0.2, 0.25) is 0 Å². The Kier molecular flexibility index (Phi) is 14.7. The van der Waals surface area contributed by atoms with Gasteiger partial charge in [-0.25, -0.2) is 15.0 Å². The number of hydrogen-bond acceptors (Lipinski definition) is 5. The van der Waals surface area contributed by atoms with Gasteiger partial charge in [0.05, 0.1) is 5.69 Å². The second-order valence-electron chi connectivity index (χ2n) is 20.7. The first kappa shape index (κ1) is 61.4. The number of nitrogens with zero attached hydrogens (tertiary/aromatic N) is 4. The summed E-state index contributed by atoms with van der Waals surface area (Å²) >= 11 is 0. The van der Waals surface area contributed by atoms with Crippen molar-refractivity contribution in [2.75, 3.05) is 0 Å². The molecule has 0 aliphatic rings. The normalized spacial score (nSPS) is 11.9. The molecule has 4 aromatic heterocycles. The van der Waals surface area contributed by atoms with Crippen LogP contribution in [0.1, 0.15) is 0 Å². The maximum atomic E-state index is 7.22. The Balaban J connectivity index is 1.26. The van der Waals surface area contributed by atoms with Crippen LogP contribution < -0.4 is 164 Å². The number of furan rings is 2. The van der Waals surface area contributed by atoms with E-state index < -0.39 is 0 Å². The van der Waals surface area contributed by atoms with E-state index in [2.05, 4.69) is 0 Å². The highest BCUT2D eigenvalue weighted by molar-refractivity contribution is 6.75. The van der Waals surface area contributed by atoms with Crippen molar-refractivity contribution in [2.45, 2.75) is 0 Å². The van der Waals surface area contributed by atoms with E-state index in [9.17, 15) is 0 Å². The molecule has 0 bridgehead atoms. The third-order valence-electron chi connectivity index (χ3n) is 16.3. The molecule has 8 aromatic carbocycles. The summed E-state index contributed by atoms with van der Waals surface area (Å²) in [6.07, 6.45) is 0. The van der Waals surface area contributed by atoms with E-state index in [1.54, 1.807) is 0 Å². The number of rotatable bonds is 5. The van der Waals surface area contributed by atoms with Gasteiger partial charge in [0.2, 0.25) is 0 Å². The fourth-order valence-electron chi connectivity index (χ4n) is 11.5. The first-order valence-electron chi connectivity index (χ1n) is 25.2. The predicted molar refractivity (Wildman–Crippen MR) is 392 cm³/mol.